The average molecular weight is 422 g/mol. The number of rotatable bonds is 5. The molecule has 1 N–H and O–H groups in total. The van der Waals surface area contributed by atoms with Gasteiger partial charge in [-0.25, -0.2) is 0 Å². The van der Waals surface area contributed by atoms with Gasteiger partial charge in [-0.05, 0) is 42.3 Å². The molecule has 0 saturated carbocycles. The van der Waals surface area contributed by atoms with E-state index < -0.39 is 4.92 Å². The minimum Gasteiger partial charge on any atom is -0.336 e. The van der Waals surface area contributed by atoms with Crippen LogP contribution < -0.4 is 5.32 Å². The van der Waals surface area contributed by atoms with Gasteiger partial charge in [-0.2, -0.15) is 0 Å². The van der Waals surface area contributed by atoms with E-state index in [0.29, 0.717) is 50.1 Å². The van der Waals surface area contributed by atoms with Crippen LogP contribution in [-0.2, 0) is 11.2 Å². The molecular weight excluding hydrogens is 400 g/mol. The number of piperazine rings is 1. The van der Waals surface area contributed by atoms with E-state index in [1.807, 2.05) is 11.0 Å². The number of nitrogens with one attached hydrogen (secondary N) is 1. The fraction of sp³-hybridized carbons (Fsp3) is 0.318. The summed E-state index contributed by atoms with van der Waals surface area (Å²) in [5.74, 6) is -0.167. The topological polar surface area (TPSA) is 113 Å². The van der Waals surface area contributed by atoms with Gasteiger partial charge in [0.05, 0.1) is 11.5 Å². The number of nitrogens with zero attached hydrogens (tertiary/aromatic N) is 3. The number of Topliss-reactive ketones (excluding diaryl/α,β-unsaturated/α-hetero) is 1. The number of amides is 2. The molecule has 160 valence electrons. The largest absolute Gasteiger partial charge is 0.336 e. The van der Waals surface area contributed by atoms with Gasteiger partial charge in [0.2, 0.25) is 5.91 Å². The minimum absolute atomic E-state index is 0.00674. The van der Waals surface area contributed by atoms with Crippen LogP contribution in [0.1, 0.15) is 32.7 Å². The molecule has 0 atom stereocenters. The number of hydrogen-bond donors (Lipinski definition) is 1. The lowest BCUT2D eigenvalue weighted by molar-refractivity contribution is -0.384. The van der Waals surface area contributed by atoms with Crippen molar-refractivity contribution in [3.8, 4) is 0 Å². The van der Waals surface area contributed by atoms with Crippen LogP contribution in [0.25, 0.3) is 0 Å². The lowest BCUT2D eigenvalue weighted by atomic mass is 9.98. The summed E-state index contributed by atoms with van der Waals surface area (Å²) < 4.78 is 0. The van der Waals surface area contributed by atoms with Gasteiger partial charge in [0.25, 0.3) is 11.6 Å². The van der Waals surface area contributed by atoms with Crippen LogP contribution in [0.5, 0.6) is 0 Å². The van der Waals surface area contributed by atoms with Crippen molar-refractivity contribution in [3.63, 3.8) is 0 Å². The normalized spacial score (nSPS) is 16.4. The summed E-state index contributed by atoms with van der Waals surface area (Å²) in [5, 5.41) is 13.6. The number of nitro groups is 1. The number of ketones is 1. The highest BCUT2D eigenvalue weighted by Crippen LogP contribution is 2.24. The SMILES string of the molecule is O=C1CCc2cc(C(=O)CN3CCN(C(=O)c4ccc([N+](=O)[O-])cc4)CC3)ccc2N1. The summed E-state index contributed by atoms with van der Waals surface area (Å²) in [6, 6.07) is 11.0. The van der Waals surface area contributed by atoms with Crippen LogP contribution in [0.2, 0.25) is 0 Å². The molecule has 0 spiro atoms. The number of carbonyl (C=O) groups excluding carboxylic acids is 3. The summed E-state index contributed by atoms with van der Waals surface area (Å²) in [4.78, 5) is 50.8. The second-order valence-corrected chi connectivity index (χ2v) is 7.72. The second kappa shape index (κ2) is 8.65. The molecule has 9 heteroatoms. The zero-order valence-electron chi connectivity index (χ0n) is 16.9. The van der Waals surface area contributed by atoms with Crippen LogP contribution in [-0.4, -0.2) is 65.0 Å². The van der Waals surface area contributed by atoms with E-state index >= 15 is 0 Å². The Morgan fingerprint density at radius 2 is 1.65 bits per heavy atom. The number of hydrogen-bond acceptors (Lipinski definition) is 6. The highest BCUT2D eigenvalue weighted by Gasteiger charge is 2.24. The van der Waals surface area contributed by atoms with Crippen molar-refractivity contribution in [2.45, 2.75) is 12.8 Å². The highest BCUT2D eigenvalue weighted by atomic mass is 16.6. The maximum absolute atomic E-state index is 12.7. The first kappa shape index (κ1) is 20.7. The molecule has 1 saturated heterocycles. The number of non-ortho nitro benzene ring substituents is 1. The zero-order chi connectivity index (χ0) is 22.0. The van der Waals surface area contributed by atoms with Crippen molar-refractivity contribution >= 4 is 29.0 Å². The van der Waals surface area contributed by atoms with Crippen LogP contribution in [0, 0.1) is 10.1 Å². The summed E-state index contributed by atoms with van der Waals surface area (Å²) in [5.41, 5.74) is 2.73. The number of carbonyl (C=O) groups is 3. The van der Waals surface area contributed by atoms with Crippen molar-refractivity contribution in [3.05, 3.63) is 69.3 Å². The van der Waals surface area contributed by atoms with Crippen LogP contribution in [0.4, 0.5) is 11.4 Å². The van der Waals surface area contributed by atoms with Gasteiger partial charge in [0, 0.05) is 61.5 Å². The fourth-order valence-corrected chi connectivity index (χ4v) is 3.87. The van der Waals surface area contributed by atoms with Gasteiger partial charge in [-0.3, -0.25) is 29.4 Å². The molecule has 0 aliphatic carbocycles. The summed E-state index contributed by atoms with van der Waals surface area (Å²) in [6.45, 7) is 2.39. The van der Waals surface area contributed by atoms with Crippen molar-refractivity contribution in [1.29, 1.82) is 0 Å². The summed E-state index contributed by atoms with van der Waals surface area (Å²) >= 11 is 0. The smallest absolute Gasteiger partial charge is 0.269 e. The Kier molecular flexibility index (Phi) is 5.77. The third-order valence-corrected chi connectivity index (χ3v) is 5.67. The molecule has 9 nitrogen and oxygen atoms in total. The van der Waals surface area contributed by atoms with Gasteiger partial charge in [0.15, 0.2) is 5.78 Å². The molecule has 2 aromatic rings. The third kappa shape index (κ3) is 4.61. The maximum atomic E-state index is 12.7. The highest BCUT2D eigenvalue weighted by molar-refractivity contribution is 6.00. The predicted octanol–water partition coefficient (Wildman–Crippen LogP) is 2.12. The molecule has 0 aromatic heterocycles. The number of aryl methyl sites for hydroxylation is 1. The molecule has 0 radical (unpaired) electrons. The number of fused-ring (bicyclic) bond motifs is 1. The molecule has 2 heterocycles. The monoisotopic (exact) mass is 422 g/mol. The van der Waals surface area contributed by atoms with Gasteiger partial charge in [0.1, 0.15) is 0 Å². The van der Waals surface area contributed by atoms with E-state index in [1.165, 1.54) is 24.3 Å². The average Bonchev–Trinajstić information content (AvgIpc) is 2.78. The molecule has 0 bridgehead atoms. The van der Waals surface area contributed by atoms with Gasteiger partial charge in [-0.15, -0.1) is 0 Å². The molecule has 0 unspecified atom stereocenters. The Balaban J connectivity index is 1.32. The lowest BCUT2D eigenvalue weighted by Gasteiger charge is -2.34. The number of anilines is 1. The Morgan fingerprint density at radius 3 is 2.32 bits per heavy atom. The first-order chi connectivity index (χ1) is 14.9. The van der Waals surface area contributed by atoms with Crippen LogP contribution in [0.3, 0.4) is 0 Å². The molecule has 4 rings (SSSR count). The van der Waals surface area contributed by atoms with Crippen molar-refractivity contribution < 1.29 is 19.3 Å². The number of benzene rings is 2. The number of nitro benzene ring substituents is 1. The van der Waals surface area contributed by atoms with Crippen molar-refractivity contribution in [2.24, 2.45) is 0 Å². The molecule has 2 aliphatic heterocycles. The zero-order valence-corrected chi connectivity index (χ0v) is 16.9. The van der Waals surface area contributed by atoms with E-state index in [0.717, 1.165) is 11.3 Å². The molecule has 2 aliphatic rings. The van der Waals surface area contributed by atoms with Crippen molar-refractivity contribution in [1.82, 2.24) is 9.80 Å². The standard InChI is InChI=1S/C22H22N4O5/c27-20(17-3-7-19-16(13-17)4-8-21(28)23-19)14-24-9-11-25(12-10-24)22(29)15-1-5-18(6-2-15)26(30)31/h1-3,5-7,13H,4,8-12,14H2,(H,23,28). The Labute approximate surface area is 178 Å². The summed E-state index contributed by atoms with van der Waals surface area (Å²) in [7, 11) is 0. The van der Waals surface area contributed by atoms with Crippen LogP contribution in [0.15, 0.2) is 42.5 Å². The van der Waals surface area contributed by atoms with Gasteiger partial charge in [-0.1, -0.05) is 0 Å². The maximum Gasteiger partial charge on any atom is 0.269 e. The van der Waals surface area contributed by atoms with Crippen molar-refractivity contribution in [2.75, 3.05) is 38.0 Å². The Hall–Kier alpha value is -3.59. The minimum atomic E-state index is -0.497. The Morgan fingerprint density at radius 1 is 0.968 bits per heavy atom. The van der Waals surface area contributed by atoms with Gasteiger partial charge >= 0.3 is 0 Å². The third-order valence-electron chi connectivity index (χ3n) is 5.67. The first-order valence-electron chi connectivity index (χ1n) is 10.1. The molecule has 2 aromatic carbocycles. The van der Waals surface area contributed by atoms with E-state index in [4.69, 9.17) is 0 Å². The first-order valence-corrected chi connectivity index (χ1v) is 10.1. The fourth-order valence-electron chi connectivity index (χ4n) is 3.87. The van der Waals surface area contributed by atoms with E-state index in [1.54, 1.807) is 17.0 Å². The van der Waals surface area contributed by atoms with Gasteiger partial charge < -0.3 is 10.2 Å². The van der Waals surface area contributed by atoms with Crippen LogP contribution >= 0.6 is 0 Å². The second-order valence-electron chi connectivity index (χ2n) is 7.72. The molecule has 2 amide bonds. The lowest BCUT2D eigenvalue weighted by Crippen LogP contribution is -2.49. The molecule has 31 heavy (non-hydrogen) atoms. The van der Waals surface area contributed by atoms with E-state index in [-0.39, 0.29) is 29.8 Å². The Bertz CT molecular complexity index is 1040. The van der Waals surface area contributed by atoms with E-state index in [9.17, 15) is 24.5 Å². The predicted molar refractivity (Wildman–Crippen MR) is 113 cm³/mol. The summed E-state index contributed by atoms with van der Waals surface area (Å²) in [6.07, 6.45) is 1.06. The molecular formula is C22H22N4O5. The van der Waals surface area contributed by atoms with E-state index in [2.05, 4.69) is 5.32 Å². The quantitative estimate of drug-likeness (QED) is 0.449. The molecule has 1 fully saturated rings.